The minimum Gasteiger partial charge on any atom is -0.497 e. The lowest BCUT2D eigenvalue weighted by Crippen LogP contribution is -2.39. The van der Waals surface area contributed by atoms with Crippen molar-refractivity contribution in [1.82, 2.24) is 15.3 Å². The third-order valence-corrected chi connectivity index (χ3v) is 4.28. The van der Waals surface area contributed by atoms with Gasteiger partial charge in [-0.05, 0) is 56.4 Å². The van der Waals surface area contributed by atoms with Crippen LogP contribution in [0.15, 0.2) is 52.1 Å². The van der Waals surface area contributed by atoms with Crippen molar-refractivity contribution in [3.05, 3.63) is 59.8 Å². The molecule has 2 aromatic heterocycles. The second kappa shape index (κ2) is 10.4. The number of furan rings is 1. The molecule has 0 saturated heterocycles. The molecule has 0 aliphatic heterocycles. The van der Waals surface area contributed by atoms with Gasteiger partial charge in [-0.25, -0.2) is 15.0 Å². The highest BCUT2D eigenvalue weighted by molar-refractivity contribution is 7.80. The predicted octanol–water partition coefficient (Wildman–Crippen LogP) is 3.66. The van der Waals surface area contributed by atoms with Gasteiger partial charge in [0, 0.05) is 17.5 Å². The summed E-state index contributed by atoms with van der Waals surface area (Å²) in [5.74, 6) is 2.75. The van der Waals surface area contributed by atoms with Crippen LogP contribution in [0.5, 0.6) is 11.5 Å². The van der Waals surface area contributed by atoms with Crippen LogP contribution in [0, 0.1) is 13.8 Å². The fraction of sp³-hybridized carbons (Fsp3) is 0.238. The first-order chi connectivity index (χ1) is 15.0. The lowest BCUT2D eigenvalue weighted by molar-refractivity contribution is 0.395. The Morgan fingerprint density at radius 2 is 1.84 bits per heavy atom. The Balaban J connectivity index is 1.77. The van der Waals surface area contributed by atoms with Gasteiger partial charge in [0.15, 0.2) is 5.11 Å². The van der Waals surface area contributed by atoms with Gasteiger partial charge in [0.05, 0.1) is 26.2 Å². The van der Waals surface area contributed by atoms with Gasteiger partial charge in [0.2, 0.25) is 11.9 Å². The van der Waals surface area contributed by atoms with Crippen molar-refractivity contribution in [3.8, 4) is 11.5 Å². The van der Waals surface area contributed by atoms with E-state index in [9.17, 15) is 0 Å². The topological polar surface area (TPSA) is 106 Å². The number of nitrogens with zero attached hydrogens (tertiary/aromatic N) is 3. The second-order valence-corrected chi connectivity index (χ2v) is 6.90. The fourth-order valence-electron chi connectivity index (χ4n) is 2.72. The maximum Gasteiger partial charge on any atom is 0.229 e. The maximum absolute atomic E-state index is 5.47. The monoisotopic (exact) mass is 440 g/mol. The summed E-state index contributed by atoms with van der Waals surface area (Å²) in [6.45, 7) is 4.10. The zero-order valence-electron chi connectivity index (χ0n) is 17.7. The molecule has 9 nitrogen and oxygen atoms in total. The van der Waals surface area contributed by atoms with E-state index >= 15 is 0 Å². The van der Waals surface area contributed by atoms with Crippen LogP contribution in [-0.4, -0.2) is 35.3 Å². The fourth-order valence-corrected chi connectivity index (χ4v) is 2.93. The van der Waals surface area contributed by atoms with Gasteiger partial charge in [-0.3, -0.25) is 5.32 Å². The average molecular weight is 441 g/mol. The molecule has 0 spiro atoms. The number of thiocarbonyl (C=S) groups is 1. The summed E-state index contributed by atoms with van der Waals surface area (Å²) in [4.78, 5) is 13.3. The standard InChI is InChI=1S/C21H24N6O3S/c1-13-10-14(2)24-20(23-13)26-19(22-12-16-6-5-9-30-16)27-21(31)25-17-8-7-15(28-3)11-18(17)29-4/h5-11H,12H2,1-4H3,(H3,22,23,24,25,26,27,31). The molecule has 3 N–H and O–H groups in total. The first kappa shape index (κ1) is 22.0. The molecular formula is C21H24N6O3S. The summed E-state index contributed by atoms with van der Waals surface area (Å²) in [5, 5.41) is 9.53. The van der Waals surface area contributed by atoms with Crippen LogP contribution in [0.4, 0.5) is 11.6 Å². The highest BCUT2D eigenvalue weighted by Crippen LogP contribution is 2.28. The second-order valence-electron chi connectivity index (χ2n) is 6.49. The van der Waals surface area contributed by atoms with E-state index in [1.54, 1.807) is 38.7 Å². The molecule has 162 valence electrons. The molecule has 0 bridgehead atoms. The van der Waals surface area contributed by atoms with E-state index in [-0.39, 0.29) is 0 Å². The van der Waals surface area contributed by atoms with Crippen LogP contribution in [0.3, 0.4) is 0 Å². The number of ether oxygens (including phenoxy) is 2. The number of hydrogen-bond donors (Lipinski definition) is 3. The quantitative estimate of drug-likeness (QED) is 0.301. The highest BCUT2D eigenvalue weighted by atomic mass is 32.1. The Labute approximate surface area is 185 Å². The number of aryl methyl sites for hydroxylation is 2. The van der Waals surface area contributed by atoms with Crippen LogP contribution in [-0.2, 0) is 6.54 Å². The van der Waals surface area contributed by atoms with E-state index in [1.165, 1.54) is 0 Å². The van der Waals surface area contributed by atoms with Crippen LogP contribution in [0.25, 0.3) is 0 Å². The summed E-state index contributed by atoms with van der Waals surface area (Å²) < 4.78 is 16.0. The van der Waals surface area contributed by atoms with Gasteiger partial charge < -0.3 is 24.5 Å². The Bertz CT molecular complexity index is 1050. The van der Waals surface area contributed by atoms with Gasteiger partial charge in [0.1, 0.15) is 23.8 Å². The molecule has 0 aliphatic rings. The SMILES string of the molecule is COc1ccc(NC(=S)NC(=NCc2ccco2)Nc2nc(C)cc(C)n2)c(OC)c1. The summed E-state index contributed by atoms with van der Waals surface area (Å²) >= 11 is 5.47. The lowest BCUT2D eigenvalue weighted by atomic mass is 10.2. The molecule has 1 aromatic carbocycles. The van der Waals surface area contributed by atoms with Crippen molar-refractivity contribution in [2.24, 2.45) is 4.99 Å². The maximum atomic E-state index is 5.47. The van der Waals surface area contributed by atoms with Crippen molar-refractivity contribution in [2.75, 3.05) is 24.9 Å². The van der Waals surface area contributed by atoms with Gasteiger partial charge >= 0.3 is 0 Å². The van der Waals surface area contributed by atoms with E-state index in [0.717, 1.165) is 11.4 Å². The van der Waals surface area contributed by atoms with Crippen molar-refractivity contribution >= 4 is 34.9 Å². The molecule has 0 fully saturated rings. The average Bonchev–Trinajstić information content (AvgIpc) is 3.25. The first-order valence-electron chi connectivity index (χ1n) is 9.43. The number of benzene rings is 1. The smallest absolute Gasteiger partial charge is 0.229 e. The van der Waals surface area contributed by atoms with E-state index in [0.29, 0.717) is 46.5 Å². The van der Waals surface area contributed by atoms with Crippen molar-refractivity contribution < 1.29 is 13.9 Å². The number of aliphatic imine (C=N–C) groups is 1. The molecule has 0 saturated carbocycles. The third-order valence-electron chi connectivity index (χ3n) is 4.07. The Morgan fingerprint density at radius 3 is 2.48 bits per heavy atom. The molecule has 0 unspecified atom stereocenters. The van der Waals surface area contributed by atoms with Crippen LogP contribution in [0.2, 0.25) is 0 Å². The Hall–Kier alpha value is -3.66. The zero-order chi connectivity index (χ0) is 22.2. The number of guanidine groups is 1. The van der Waals surface area contributed by atoms with E-state index in [2.05, 4.69) is 30.9 Å². The normalized spacial score (nSPS) is 11.0. The van der Waals surface area contributed by atoms with Crippen molar-refractivity contribution in [2.45, 2.75) is 20.4 Å². The molecule has 31 heavy (non-hydrogen) atoms. The molecule has 0 radical (unpaired) electrons. The molecule has 2 heterocycles. The Kier molecular flexibility index (Phi) is 7.39. The number of methoxy groups -OCH3 is 2. The number of nitrogens with one attached hydrogen (secondary N) is 3. The zero-order valence-corrected chi connectivity index (χ0v) is 18.5. The van der Waals surface area contributed by atoms with E-state index < -0.39 is 0 Å². The Morgan fingerprint density at radius 1 is 1.06 bits per heavy atom. The van der Waals surface area contributed by atoms with E-state index in [1.807, 2.05) is 32.0 Å². The third kappa shape index (κ3) is 6.41. The molecule has 3 rings (SSSR count). The summed E-state index contributed by atoms with van der Waals surface area (Å²) in [6.07, 6.45) is 1.60. The van der Waals surface area contributed by atoms with Crippen molar-refractivity contribution in [1.29, 1.82) is 0 Å². The highest BCUT2D eigenvalue weighted by Gasteiger charge is 2.10. The van der Waals surface area contributed by atoms with Crippen LogP contribution >= 0.6 is 12.2 Å². The molecule has 0 aliphatic carbocycles. The van der Waals surface area contributed by atoms with E-state index in [4.69, 9.17) is 26.1 Å². The van der Waals surface area contributed by atoms with Crippen molar-refractivity contribution in [3.63, 3.8) is 0 Å². The minimum absolute atomic E-state index is 0.304. The number of aromatic nitrogens is 2. The number of hydrogen-bond acceptors (Lipinski definition) is 7. The number of anilines is 2. The summed E-state index contributed by atoms with van der Waals surface area (Å²) in [7, 11) is 3.17. The minimum atomic E-state index is 0.304. The number of rotatable bonds is 6. The van der Waals surface area contributed by atoms with Gasteiger partial charge in [0.25, 0.3) is 0 Å². The molecular weight excluding hydrogens is 416 g/mol. The van der Waals surface area contributed by atoms with Crippen LogP contribution in [0.1, 0.15) is 17.1 Å². The first-order valence-corrected chi connectivity index (χ1v) is 9.84. The van der Waals surface area contributed by atoms with Gasteiger partial charge in [-0.2, -0.15) is 0 Å². The molecule has 3 aromatic rings. The lowest BCUT2D eigenvalue weighted by Gasteiger charge is -2.16. The van der Waals surface area contributed by atoms with Crippen LogP contribution < -0.4 is 25.4 Å². The summed E-state index contributed by atoms with van der Waals surface area (Å²) in [5.41, 5.74) is 2.35. The van der Waals surface area contributed by atoms with Gasteiger partial charge in [-0.1, -0.05) is 0 Å². The molecule has 0 atom stereocenters. The largest absolute Gasteiger partial charge is 0.497 e. The summed E-state index contributed by atoms with van der Waals surface area (Å²) in [6, 6.07) is 10.9. The predicted molar refractivity (Wildman–Crippen MR) is 124 cm³/mol. The molecule has 0 amide bonds. The van der Waals surface area contributed by atoms with Gasteiger partial charge in [-0.15, -0.1) is 0 Å². The molecule has 10 heteroatoms.